The summed E-state index contributed by atoms with van der Waals surface area (Å²) in [6.07, 6.45) is 0. The van der Waals surface area contributed by atoms with Crippen molar-refractivity contribution in [1.82, 2.24) is 0 Å². The first-order valence-electron chi connectivity index (χ1n) is 8.18. The minimum absolute atomic E-state index is 0.149. The minimum Gasteiger partial charge on any atom is -0.504 e. The van der Waals surface area contributed by atoms with Gasteiger partial charge in [-0.25, -0.2) is 4.39 Å². The highest BCUT2D eigenvalue weighted by molar-refractivity contribution is 6.46. The summed E-state index contributed by atoms with van der Waals surface area (Å²) in [6.45, 7) is 0. The van der Waals surface area contributed by atoms with E-state index in [1.165, 1.54) is 12.1 Å². The van der Waals surface area contributed by atoms with Crippen molar-refractivity contribution >= 4 is 33.5 Å². The molecule has 0 fully saturated rings. The summed E-state index contributed by atoms with van der Waals surface area (Å²) >= 11 is 0. The second-order valence-electron chi connectivity index (χ2n) is 6.17. The fourth-order valence-corrected chi connectivity index (χ4v) is 3.18. The highest BCUT2D eigenvalue weighted by Crippen LogP contribution is 2.34. The minimum atomic E-state index is -0.887. The summed E-state index contributed by atoms with van der Waals surface area (Å²) in [7, 11) is 0. The van der Waals surface area contributed by atoms with Crippen molar-refractivity contribution in [2.24, 2.45) is 0 Å². The van der Waals surface area contributed by atoms with Gasteiger partial charge in [0.05, 0.1) is 11.1 Å². The van der Waals surface area contributed by atoms with Gasteiger partial charge in [0.25, 0.3) is 0 Å². The predicted octanol–water partition coefficient (Wildman–Crippen LogP) is 4.37. The molecule has 1 aliphatic carbocycles. The average molecular weight is 360 g/mol. The molecule has 132 valence electrons. The number of carbonyl (C=O) groups is 2. The van der Waals surface area contributed by atoms with Crippen LogP contribution < -0.4 is 0 Å². The summed E-state index contributed by atoms with van der Waals surface area (Å²) in [4.78, 5) is 25.4. The maximum Gasteiger partial charge on any atom is 0.232 e. The van der Waals surface area contributed by atoms with Crippen LogP contribution in [0.25, 0.3) is 21.9 Å². The van der Waals surface area contributed by atoms with Crippen LogP contribution >= 0.6 is 0 Å². The third kappa shape index (κ3) is 2.69. The quantitative estimate of drug-likeness (QED) is 0.666. The highest BCUT2D eigenvalue weighted by atomic mass is 19.1. The lowest BCUT2D eigenvalue weighted by Crippen LogP contribution is -2.22. The van der Waals surface area contributed by atoms with E-state index >= 15 is 0 Å². The first-order chi connectivity index (χ1) is 13.0. The second kappa shape index (κ2) is 6.21. The van der Waals surface area contributed by atoms with Crippen LogP contribution in [-0.4, -0.2) is 21.8 Å². The SMILES string of the molecule is O=C1C(O)=C(c2ccc3ccccc3c2)C(=O)C(O)=C1c1ccc(F)cc1. The molecule has 1 aliphatic rings. The van der Waals surface area contributed by atoms with Crippen LogP contribution in [0.5, 0.6) is 0 Å². The molecule has 0 bridgehead atoms. The van der Waals surface area contributed by atoms with E-state index in [0.29, 0.717) is 5.56 Å². The Labute approximate surface area is 153 Å². The van der Waals surface area contributed by atoms with Crippen LogP contribution in [-0.2, 0) is 9.59 Å². The van der Waals surface area contributed by atoms with Crippen LogP contribution in [0.4, 0.5) is 4.39 Å². The van der Waals surface area contributed by atoms with Gasteiger partial charge in [-0.05, 0) is 40.1 Å². The van der Waals surface area contributed by atoms with Gasteiger partial charge in [0, 0.05) is 0 Å². The molecule has 4 nitrogen and oxygen atoms in total. The molecular weight excluding hydrogens is 347 g/mol. The van der Waals surface area contributed by atoms with Crippen LogP contribution in [0.2, 0.25) is 0 Å². The first kappa shape index (κ1) is 16.7. The summed E-state index contributed by atoms with van der Waals surface area (Å²) < 4.78 is 13.1. The van der Waals surface area contributed by atoms with E-state index in [4.69, 9.17) is 0 Å². The van der Waals surface area contributed by atoms with E-state index in [2.05, 4.69) is 0 Å². The van der Waals surface area contributed by atoms with Crippen molar-refractivity contribution in [2.75, 3.05) is 0 Å². The van der Waals surface area contributed by atoms with Gasteiger partial charge in [-0.2, -0.15) is 0 Å². The number of Topliss-reactive ketones (excluding diaryl/α,β-unsaturated/α-hetero) is 2. The Morgan fingerprint density at radius 3 is 1.78 bits per heavy atom. The van der Waals surface area contributed by atoms with Gasteiger partial charge < -0.3 is 10.2 Å². The molecule has 0 amide bonds. The van der Waals surface area contributed by atoms with E-state index < -0.39 is 28.9 Å². The molecule has 0 unspecified atom stereocenters. The summed E-state index contributed by atoms with van der Waals surface area (Å²) in [5.41, 5.74) is -0.123. The van der Waals surface area contributed by atoms with Crippen molar-refractivity contribution in [3.63, 3.8) is 0 Å². The molecule has 5 heteroatoms. The summed E-state index contributed by atoms with van der Waals surface area (Å²) in [5.74, 6) is -3.78. The van der Waals surface area contributed by atoms with Gasteiger partial charge in [0.2, 0.25) is 11.6 Å². The van der Waals surface area contributed by atoms with Crippen LogP contribution in [0.3, 0.4) is 0 Å². The zero-order valence-corrected chi connectivity index (χ0v) is 13.9. The number of benzene rings is 3. The lowest BCUT2D eigenvalue weighted by atomic mass is 9.85. The van der Waals surface area contributed by atoms with Gasteiger partial charge in [-0.3, -0.25) is 9.59 Å². The monoisotopic (exact) mass is 360 g/mol. The molecule has 3 aromatic rings. The maximum atomic E-state index is 13.1. The Hall–Kier alpha value is -3.73. The van der Waals surface area contributed by atoms with Crippen molar-refractivity contribution in [3.8, 4) is 0 Å². The van der Waals surface area contributed by atoms with Gasteiger partial charge in [0.1, 0.15) is 5.82 Å². The number of carbonyl (C=O) groups excluding carboxylic acids is 2. The highest BCUT2D eigenvalue weighted by Gasteiger charge is 2.36. The Balaban J connectivity index is 1.85. The van der Waals surface area contributed by atoms with E-state index in [9.17, 15) is 24.2 Å². The topological polar surface area (TPSA) is 74.6 Å². The summed E-state index contributed by atoms with van der Waals surface area (Å²) in [6, 6.07) is 17.2. The van der Waals surface area contributed by atoms with Gasteiger partial charge in [-0.1, -0.05) is 48.5 Å². The van der Waals surface area contributed by atoms with E-state index in [0.717, 1.165) is 22.9 Å². The number of aliphatic hydroxyl groups excluding tert-OH is 2. The Morgan fingerprint density at radius 1 is 0.630 bits per heavy atom. The normalized spacial score (nSPS) is 15.0. The fourth-order valence-electron chi connectivity index (χ4n) is 3.18. The van der Waals surface area contributed by atoms with Gasteiger partial charge >= 0.3 is 0 Å². The number of hydrogen-bond donors (Lipinski definition) is 2. The largest absolute Gasteiger partial charge is 0.504 e. The molecule has 0 atom stereocenters. The maximum absolute atomic E-state index is 13.1. The molecule has 0 spiro atoms. The third-order valence-corrected chi connectivity index (χ3v) is 4.53. The molecule has 0 aliphatic heterocycles. The fraction of sp³-hybridized carbons (Fsp3) is 0. The Kier molecular flexibility index (Phi) is 3.85. The van der Waals surface area contributed by atoms with Crippen molar-refractivity contribution < 1.29 is 24.2 Å². The summed E-state index contributed by atoms with van der Waals surface area (Å²) in [5, 5.41) is 22.5. The van der Waals surface area contributed by atoms with Crippen molar-refractivity contribution in [3.05, 3.63) is 95.2 Å². The van der Waals surface area contributed by atoms with Crippen LogP contribution in [0.15, 0.2) is 78.2 Å². The molecule has 4 rings (SSSR count). The lowest BCUT2D eigenvalue weighted by Gasteiger charge is -2.18. The van der Waals surface area contributed by atoms with Crippen LogP contribution in [0, 0.1) is 5.82 Å². The molecule has 0 radical (unpaired) electrons. The van der Waals surface area contributed by atoms with Crippen molar-refractivity contribution in [1.29, 1.82) is 0 Å². The lowest BCUT2D eigenvalue weighted by molar-refractivity contribution is -0.116. The number of fused-ring (bicyclic) bond motifs is 1. The zero-order valence-electron chi connectivity index (χ0n) is 13.9. The molecule has 0 saturated carbocycles. The van der Waals surface area contributed by atoms with E-state index in [1.807, 2.05) is 24.3 Å². The van der Waals surface area contributed by atoms with Gasteiger partial charge in [0.15, 0.2) is 11.5 Å². The molecule has 27 heavy (non-hydrogen) atoms. The second-order valence-corrected chi connectivity index (χ2v) is 6.17. The molecule has 2 N–H and O–H groups in total. The zero-order chi connectivity index (χ0) is 19.1. The third-order valence-electron chi connectivity index (χ3n) is 4.53. The van der Waals surface area contributed by atoms with Gasteiger partial charge in [-0.15, -0.1) is 0 Å². The molecule has 0 heterocycles. The predicted molar refractivity (Wildman–Crippen MR) is 99.5 cm³/mol. The van der Waals surface area contributed by atoms with E-state index in [-0.39, 0.29) is 16.7 Å². The molecule has 3 aromatic carbocycles. The number of ketones is 2. The Morgan fingerprint density at radius 2 is 1.15 bits per heavy atom. The van der Waals surface area contributed by atoms with E-state index in [1.54, 1.807) is 18.2 Å². The first-order valence-corrected chi connectivity index (χ1v) is 8.18. The number of allylic oxidation sites excluding steroid dienone is 2. The van der Waals surface area contributed by atoms with Crippen LogP contribution in [0.1, 0.15) is 11.1 Å². The number of hydrogen-bond acceptors (Lipinski definition) is 4. The standard InChI is InChI=1S/C22H13FO4/c23-16-9-7-13(8-10-16)17-19(24)21(26)18(22(27)20(17)25)15-6-5-12-3-1-2-4-14(12)11-15/h1-11,24,27H. The number of halogens is 1. The molecule has 0 saturated heterocycles. The molecular formula is C22H13FO4. The van der Waals surface area contributed by atoms with Crippen molar-refractivity contribution in [2.45, 2.75) is 0 Å². The number of aliphatic hydroxyl groups is 2. The molecule has 0 aromatic heterocycles. The number of rotatable bonds is 2. The Bertz CT molecular complexity index is 1170. The average Bonchev–Trinajstić information content (AvgIpc) is 2.68. The smallest absolute Gasteiger partial charge is 0.232 e.